The van der Waals surface area contributed by atoms with Gasteiger partial charge in [-0.2, -0.15) is 0 Å². The van der Waals surface area contributed by atoms with E-state index in [4.69, 9.17) is 5.73 Å². The minimum atomic E-state index is 0.428. The van der Waals surface area contributed by atoms with E-state index in [-0.39, 0.29) is 0 Å². The molecule has 1 fully saturated rings. The summed E-state index contributed by atoms with van der Waals surface area (Å²) in [7, 11) is 0. The molecule has 2 nitrogen and oxygen atoms in total. The third-order valence-corrected chi connectivity index (χ3v) is 3.87. The molecule has 1 aliphatic carbocycles. The highest BCUT2D eigenvalue weighted by molar-refractivity contribution is 5.49. The second kappa shape index (κ2) is 5.54. The topological polar surface area (TPSA) is 38.0 Å². The highest BCUT2D eigenvalue weighted by atomic mass is 14.9. The third kappa shape index (κ3) is 3.22. The summed E-state index contributed by atoms with van der Waals surface area (Å²) in [5, 5.41) is 3.64. The molecule has 0 amide bonds. The number of aryl methyl sites for hydroxylation is 2. The Balaban J connectivity index is 1.97. The monoisotopic (exact) mass is 232 g/mol. The first-order valence-corrected chi connectivity index (χ1v) is 6.80. The lowest BCUT2D eigenvalue weighted by atomic mass is 9.91. The zero-order chi connectivity index (χ0) is 12.3. The molecule has 3 N–H and O–H groups in total. The Hall–Kier alpha value is -1.02. The predicted octanol–water partition coefficient (Wildman–Crippen LogP) is 3.24. The predicted molar refractivity (Wildman–Crippen MR) is 74.4 cm³/mol. The maximum Gasteiger partial charge on any atom is 0.0345 e. The molecule has 0 bridgehead atoms. The van der Waals surface area contributed by atoms with Gasteiger partial charge < -0.3 is 11.1 Å². The van der Waals surface area contributed by atoms with Gasteiger partial charge in [0.1, 0.15) is 0 Å². The van der Waals surface area contributed by atoms with Crippen molar-refractivity contribution in [2.45, 2.75) is 58.0 Å². The van der Waals surface area contributed by atoms with Crippen molar-refractivity contribution in [1.82, 2.24) is 0 Å². The lowest BCUT2D eigenvalue weighted by Gasteiger charge is -2.27. The maximum atomic E-state index is 5.92. The first-order valence-electron chi connectivity index (χ1n) is 6.80. The van der Waals surface area contributed by atoms with Gasteiger partial charge in [-0.3, -0.25) is 0 Å². The molecular weight excluding hydrogens is 208 g/mol. The quantitative estimate of drug-likeness (QED) is 0.839. The summed E-state index contributed by atoms with van der Waals surface area (Å²) in [5.74, 6) is 0. The van der Waals surface area contributed by atoms with Crippen LogP contribution >= 0.6 is 0 Å². The Morgan fingerprint density at radius 3 is 2.53 bits per heavy atom. The Morgan fingerprint density at radius 2 is 1.94 bits per heavy atom. The van der Waals surface area contributed by atoms with Crippen molar-refractivity contribution in [3.63, 3.8) is 0 Å². The molecule has 0 radical (unpaired) electrons. The molecule has 0 unspecified atom stereocenters. The fourth-order valence-electron chi connectivity index (χ4n) is 2.68. The van der Waals surface area contributed by atoms with Crippen LogP contribution in [-0.4, -0.2) is 12.1 Å². The molecule has 0 aliphatic heterocycles. The van der Waals surface area contributed by atoms with Crippen LogP contribution in [-0.2, 0) is 6.42 Å². The van der Waals surface area contributed by atoms with Crippen molar-refractivity contribution in [2.24, 2.45) is 5.73 Å². The van der Waals surface area contributed by atoms with Crippen molar-refractivity contribution in [1.29, 1.82) is 0 Å². The Bertz CT molecular complexity index is 365. The van der Waals surface area contributed by atoms with Gasteiger partial charge in [-0.05, 0) is 62.3 Å². The summed E-state index contributed by atoms with van der Waals surface area (Å²) < 4.78 is 0. The van der Waals surface area contributed by atoms with E-state index in [1.165, 1.54) is 29.7 Å². The van der Waals surface area contributed by atoms with Crippen LogP contribution < -0.4 is 11.1 Å². The van der Waals surface area contributed by atoms with Gasteiger partial charge in [-0.15, -0.1) is 0 Å². The van der Waals surface area contributed by atoms with Gasteiger partial charge in [0.25, 0.3) is 0 Å². The summed E-state index contributed by atoms with van der Waals surface area (Å²) in [6.07, 6.45) is 5.84. The van der Waals surface area contributed by atoms with Crippen molar-refractivity contribution >= 4 is 5.69 Å². The lowest BCUT2D eigenvalue weighted by Crippen LogP contribution is -2.32. The van der Waals surface area contributed by atoms with Gasteiger partial charge in [0, 0.05) is 17.8 Å². The second-order valence-electron chi connectivity index (χ2n) is 5.25. The van der Waals surface area contributed by atoms with Gasteiger partial charge in [-0.25, -0.2) is 0 Å². The number of anilines is 1. The summed E-state index contributed by atoms with van der Waals surface area (Å²) in [5.41, 5.74) is 10.0. The number of rotatable bonds is 3. The minimum absolute atomic E-state index is 0.428. The van der Waals surface area contributed by atoms with Crippen LogP contribution in [0.1, 0.15) is 43.7 Å². The fourth-order valence-corrected chi connectivity index (χ4v) is 2.68. The maximum absolute atomic E-state index is 5.92. The molecule has 2 heteroatoms. The molecule has 0 spiro atoms. The molecule has 1 saturated carbocycles. The van der Waals surface area contributed by atoms with Crippen molar-refractivity contribution < 1.29 is 0 Å². The normalized spacial score (nSPS) is 24.6. The first-order chi connectivity index (χ1) is 8.19. The Kier molecular flexibility index (Phi) is 4.06. The van der Waals surface area contributed by atoms with E-state index in [1.807, 2.05) is 0 Å². The summed E-state index contributed by atoms with van der Waals surface area (Å²) >= 11 is 0. The van der Waals surface area contributed by atoms with E-state index < -0.39 is 0 Å². The van der Waals surface area contributed by atoms with Crippen LogP contribution in [0.15, 0.2) is 18.2 Å². The molecule has 17 heavy (non-hydrogen) atoms. The first kappa shape index (κ1) is 12.4. The zero-order valence-electron chi connectivity index (χ0n) is 11.0. The van der Waals surface area contributed by atoms with Crippen molar-refractivity contribution in [3.8, 4) is 0 Å². The molecule has 0 aromatic heterocycles. The summed E-state index contributed by atoms with van der Waals surface area (Å²) in [6, 6.07) is 7.76. The van der Waals surface area contributed by atoms with E-state index in [2.05, 4.69) is 37.4 Å². The number of nitrogens with one attached hydrogen (secondary N) is 1. The number of benzene rings is 1. The van der Waals surface area contributed by atoms with Crippen LogP contribution in [0.4, 0.5) is 5.69 Å². The Morgan fingerprint density at radius 1 is 1.24 bits per heavy atom. The molecule has 1 aromatic rings. The van der Waals surface area contributed by atoms with Crippen LogP contribution in [0.25, 0.3) is 0 Å². The largest absolute Gasteiger partial charge is 0.382 e. The van der Waals surface area contributed by atoms with E-state index in [9.17, 15) is 0 Å². The average molecular weight is 232 g/mol. The molecule has 2 rings (SSSR count). The van der Waals surface area contributed by atoms with Gasteiger partial charge >= 0.3 is 0 Å². The van der Waals surface area contributed by atoms with Gasteiger partial charge in [0.05, 0.1) is 0 Å². The highest BCUT2D eigenvalue weighted by Crippen LogP contribution is 2.22. The summed E-state index contributed by atoms with van der Waals surface area (Å²) in [6.45, 7) is 4.40. The van der Waals surface area contributed by atoms with E-state index in [0.29, 0.717) is 12.1 Å². The van der Waals surface area contributed by atoms with Crippen LogP contribution in [0.3, 0.4) is 0 Å². The highest BCUT2D eigenvalue weighted by Gasteiger charge is 2.18. The van der Waals surface area contributed by atoms with Crippen LogP contribution in [0.5, 0.6) is 0 Å². The van der Waals surface area contributed by atoms with Gasteiger partial charge in [-0.1, -0.05) is 13.0 Å². The molecule has 0 saturated heterocycles. The summed E-state index contributed by atoms with van der Waals surface area (Å²) in [4.78, 5) is 0. The molecule has 1 aliphatic rings. The molecule has 1 aromatic carbocycles. The number of nitrogens with two attached hydrogens (primary N) is 1. The molecular formula is C15H24N2. The Labute approximate surface area is 105 Å². The molecule has 0 atom stereocenters. The van der Waals surface area contributed by atoms with E-state index >= 15 is 0 Å². The van der Waals surface area contributed by atoms with Crippen molar-refractivity contribution in [3.05, 3.63) is 29.3 Å². The lowest BCUT2D eigenvalue weighted by molar-refractivity contribution is 0.411. The number of hydrogen-bond donors (Lipinski definition) is 2. The van der Waals surface area contributed by atoms with Crippen LogP contribution in [0, 0.1) is 6.92 Å². The fraction of sp³-hybridized carbons (Fsp3) is 0.600. The second-order valence-corrected chi connectivity index (χ2v) is 5.25. The number of hydrogen-bond acceptors (Lipinski definition) is 2. The van der Waals surface area contributed by atoms with E-state index in [0.717, 1.165) is 19.3 Å². The minimum Gasteiger partial charge on any atom is -0.382 e. The average Bonchev–Trinajstić information content (AvgIpc) is 2.32. The van der Waals surface area contributed by atoms with E-state index in [1.54, 1.807) is 0 Å². The molecule has 0 heterocycles. The smallest absolute Gasteiger partial charge is 0.0345 e. The van der Waals surface area contributed by atoms with Gasteiger partial charge in [0.15, 0.2) is 0 Å². The van der Waals surface area contributed by atoms with Crippen LogP contribution in [0.2, 0.25) is 0 Å². The standard InChI is InChI=1S/C15H24N2/c1-3-12-4-7-15(10-11(12)2)17-14-8-5-13(16)6-9-14/h4,7,10,13-14,17H,3,5-6,8-9,16H2,1-2H3. The SMILES string of the molecule is CCc1ccc(NC2CCC(N)CC2)cc1C. The molecule has 94 valence electrons. The van der Waals surface area contributed by atoms with Gasteiger partial charge in [0.2, 0.25) is 0 Å². The zero-order valence-corrected chi connectivity index (χ0v) is 11.0. The van der Waals surface area contributed by atoms with Crippen molar-refractivity contribution in [2.75, 3.05) is 5.32 Å². The third-order valence-electron chi connectivity index (χ3n) is 3.87.